The molecule has 8 saturated carbocycles. The van der Waals surface area contributed by atoms with Crippen LogP contribution in [0.2, 0.25) is 0 Å². The molecule has 0 amide bonds. The maximum atomic E-state index is 12.2. The van der Waals surface area contributed by atoms with Gasteiger partial charge in [0.25, 0.3) is 0 Å². The van der Waals surface area contributed by atoms with Crippen LogP contribution in [0, 0.1) is 45.8 Å². The van der Waals surface area contributed by atoms with Crippen molar-refractivity contribution in [3.8, 4) is 0 Å². The van der Waals surface area contributed by atoms with E-state index in [9.17, 15) is 9.90 Å². The number of hydrogen-bond acceptors (Lipinski definition) is 1. The molecule has 0 radical (unpaired) electrons. The van der Waals surface area contributed by atoms with Crippen molar-refractivity contribution in [2.24, 2.45) is 45.8 Å². The SMILES string of the molecule is O=C(O)C12CC3CC(C1)CC(C14CC5CC(CC(C5)C1)C4)(C3)C2. The lowest BCUT2D eigenvalue weighted by molar-refractivity contribution is -0.226. The fraction of sp³-hybridized carbons (Fsp3) is 0.952. The summed E-state index contributed by atoms with van der Waals surface area (Å²) < 4.78 is 0. The highest BCUT2D eigenvalue weighted by molar-refractivity contribution is 5.75. The van der Waals surface area contributed by atoms with E-state index < -0.39 is 5.97 Å². The van der Waals surface area contributed by atoms with Crippen LogP contribution in [0.1, 0.15) is 77.0 Å². The highest BCUT2D eigenvalue weighted by atomic mass is 16.4. The molecule has 2 unspecified atom stereocenters. The molecule has 0 aromatic heterocycles. The largest absolute Gasteiger partial charge is 0.481 e. The first-order valence-electron chi connectivity index (χ1n) is 10.2. The van der Waals surface area contributed by atoms with Crippen molar-refractivity contribution in [1.29, 1.82) is 0 Å². The van der Waals surface area contributed by atoms with Crippen LogP contribution in [0.5, 0.6) is 0 Å². The van der Waals surface area contributed by atoms with Gasteiger partial charge in [0.2, 0.25) is 0 Å². The van der Waals surface area contributed by atoms with Crippen molar-refractivity contribution in [2.45, 2.75) is 77.0 Å². The summed E-state index contributed by atoms with van der Waals surface area (Å²) in [4.78, 5) is 12.2. The van der Waals surface area contributed by atoms with Gasteiger partial charge in [-0.1, -0.05) is 0 Å². The van der Waals surface area contributed by atoms with Gasteiger partial charge in [-0.25, -0.2) is 0 Å². The summed E-state index contributed by atoms with van der Waals surface area (Å²) in [6.07, 6.45) is 16.1. The highest BCUT2D eigenvalue weighted by Crippen LogP contribution is 2.76. The summed E-state index contributed by atoms with van der Waals surface area (Å²) in [6, 6.07) is 0. The molecule has 0 spiro atoms. The minimum absolute atomic E-state index is 0.326. The standard InChI is InChI=1S/C21H30O2/c22-18(23)19-5-16-4-17(6-19)11-21(10-16,12-19)20-7-13-1-14(8-20)3-15(2-13)9-20/h13-17H,1-12H2,(H,22,23). The Hall–Kier alpha value is -0.530. The first kappa shape index (κ1) is 13.7. The highest BCUT2D eigenvalue weighted by Gasteiger charge is 2.69. The Kier molecular flexibility index (Phi) is 2.38. The van der Waals surface area contributed by atoms with Gasteiger partial charge >= 0.3 is 5.97 Å². The average Bonchev–Trinajstić information content (AvgIpc) is 2.44. The van der Waals surface area contributed by atoms with Crippen LogP contribution in [0.25, 0.3) is 0 Å². The number of rotatable bonds is 2. The maximum Gasteiger partial charge on any atom is 0.309 e. The Labute approximate surface area is 139 Å². The van der Waals surface area contributed by atoms with Crippen molar-refractivity contribution >= 4 is 5.97 Å². The number of hydrogen-bond donors (Lipinski definition) is 1. The van der Waals surface area contributed by atoms with Crippen molar-refractivity contribution < 1.29 is 9.90 Å². The zero-order valence-corrected chi connectivity index (χ0v) is 14.2. The third-order valence-corrected chi connectivity index (χ3v) is 9.68. The number of aliphatic carboxylic acids is 1. The molecular formula is C21H30O2. The van der Waals surface area contributed by atoms with Crippen molar-refractivity contribution in [3.63, 3.8) is 0 Å². The Bertz CT molecular complexity index is 527. The molecule has 8 aliphatic carbocycles. The molecule has 0 saturated heterocycles. The monoisotopic (exact) mass is 314 g/mol. The molecule has 8 aliphatic rings. The summed E-state index contributed by atoms with van der Waals surface area (Å²) in [5, 5.41) is 10.1. The third-order valence-electron chi connectivity index (χ3n) is 9.68. The third kappa shape index (κ3) is 1.59. The second-order valence-electron chi connectivity index (χ2n) is 11.0. The number of carboxylic acid groups (broad SMARTS) is 1. The Morgan fingerprint density at radius 1 is 0.652 bits per heavy atom. The lowest BCUT2D eigenvalue weighted by Crippen LogP contribution is -2.64. The molecule has 2 atom stereocenters. The summed E-state index contributed by atoms with van der Waals surface area (Å²) in [5.41, 5.74) is 0.652. The fourth-order valence-electron chi connectivity index (χ4n) is 9.89. The molecule has 8 bridgehead atoms. The lowest BCUT2D eigenvalue weighted by atomic mass is 9.33. The molecule has 2 heteroatoms. The number of carbonyl (C=O) groups is 1. The Morgan fingerprint density at radius 2 is 1.09 bits per heavy atom. The van der Waals surface area contributed by atoms with E-state index in [1.165, 1.54) is 57.8 Å². The lowest BCUT2D eigenvalue weighted by Gasteiger charge is -2.71. The summed E-state index contributed by atoms with van der Waals surface area (Å²) in [7, 11) is 0. The molecule has 2 nitrogen and oxygen atoms in total. The van der Waals surface area contributed by atoms with Gasteiger partial charge in [-0.15, -0.1) is 0 Å². The normalized spacial score (nSPS) is 62.0. The van der Waals surface area contributed by atoms with E-state index in [1.54, 1.807) is 0 Å². The molecule has 8 rings (SSSR count). The van der Waals surface area contributed by atoms with Crippen LogP contribution in [0.4, 0.5) is 0 Å². The van der Waals surface area contributed by atoms with Crippen LogP contribution in [-0.4, -0.2) is 11.1 Å². The first-order chi connectivity index (χ1) is 11.0. The fourth-order valence-corrected chi connectivity index (χ4v) is 9.89. The van der Waals surface area contributed by atoms with E-state index in [1.807, 2.05) is 0 Å². The van der Waals surface area contributed by atoms with Gasteiger partial charge in [0.05, 0.1) is 5.41 Å². The number of carboxylic acids is 1. The van der Waals surface area contributed by atoms with Gasteiger partial charge in [0.1, 0.15) is 0 Å². The molecule has 0 aliphatic heterocycles. The van der Waals surface area contributed by atoms with Gasteiger partial charge in [0.15, 0.2) is 0 Å². The summed E-state index contributed by atoms with van der Waals surface area (Å²) in [5.74, 6) is 4.02. The van der Waals surface area contributed by atoms with E-state index in [4.69, 9.17) is 0 Å². The smallest absolute Gasteiger partial charge is 0.309 e. The zero-order chi connectivity index (χ0) is 15.4. The van der Waals surface area contributed by atoms with Crippen molar-refractivity contribution in [2.75, 3.05) is 0 Å². The van der Waals surface area contributed by atoms with E-state index in [0.29, 0.717) is 10.8 Å². The van der Waals surface area contributed by atoms with Gasteiger partial charge in [-0.3, -0.25) is 4.79 Å². The topological polar surface area (TPSA) is 37.3 Å². The zero-order valence-electron chi connectivity index (χ0n) is 14.2. The average molecular weight is 314 g/mol. The van der Waals surface area contributed by atoms with Crippen LogP contribution >= 0.6 is 0 Å². The molecule has 0 aromatic rings. The Balaban J connectivity index is 1.45. The van der Waals surface area contributed by atoms with Gasteiger partial charge in [-0.05, 0) is 117 Å². The molecule has 8 fully saturated rings. The summed E-state index contributed by atoms with van der Waals surface area (Å²) >= 11 is 0. The van der Waals surface area contributed by atoms with E-state index in [-0.39, 0.29) is 5.41 Å². The molecular weight excluding hydrogens is 284 g/mol. The van der Waals surface area contributed by atoms with Crippen LogP contribution in [0.3, 0.4) is 0 Å². The first-order valence-corrected chi connectivity index (χ1v) is 10.2. The maximum absolute atomic E-state index is 12.2. The van der Waals surface area contributed by atoms with Gasteiger partial charge < -0.3 is 5.11 Å². The van der Waals surface area contributed by atoms with Crippen LogP contribution in [0.15, 0.2) is 0 Å². The van der Waals surface area contributed by atoms with Crippen molar-refractivity contribution in [3.05, 3.63) is 0 Å². The predicted octanol–water partition coefficient (Wildman–Crippen LogP) is 4.87. The molecule has 1 N–H and O–H groups in total. The molecule has 126 valence electrons. The van der Waals surface area contributed by atoms with E-state index in [0.717, 1.165) is 48.9 Å². The van der Waals surface area contributed by atoms with Gasteiger partial charge in [-0.2, -0.15) is 0 Å². The van der Waals surface area contributed by atoms with E-state index in [2.05, 4.69) is 0 Å². The molecule has 0 aromatic carbocycles. The minimum Gasteiger partial charge on any atom is -0.481 e. The predicted molar refractivity (Wildman–Crippen MR) is 87.8 cm³/mol. The summed E-state index contributed by atoms with van der Waals surface area (Å²) in [6.45, 7) is 0. The molecule has 0 heterocycles. The van der Waals surface area contributed by atoms with Crippen LogP contribution < -0.4 is 0 Å². The van der Waals surface area contributed by atoms with Gasteiger partial charge in [0, 0.05) is 0 Å². The Morgan fingerprint density at radius 3 is 1.57 bits per heavy atom. The second kappa shape index (κ2) is 3.99. The van der Waals surface area contributed by atoms with Crippen molar-refractivity contribution in [1.82, 2.24) is 0 Å². The van der Waals surface area contributed by atoms with E-state index >= 15 is 0 Å². The van der Waals surface area contributed by atoms with Crippen LogP contribution in [-0.2, 0) is 4.79 Å². The molecule has 23 heavy (non-hydrogen) atoms. The second-order valence-corrected chi connectivity index (χ2v) is 11.0. The minimum atomic E-state index is -0.444. The quantitative estimate of drug-likeness (QED) is 0.789.